The van der Waals surface area contributed by atoms with Gasteiger partial charge in [0.1, 0.15) is 34.0 Å². The Morgan fingerprint density at radius 3 is 1.40 bits per heavy atom. The van der Waals surface area contributed by atoms with Crippen molar-refractivity contribution in [3.8, 4) is 6.07 Å². The van der Waals surface area contributed by atoms with E-state index in [2.05, 4.69) is 46.4 Å². The zero-order chi connectivity index (χ0) is 59.0. The van der Waals surface area contributed by atoms with E-state index in [0.29, 0.717) is 71.1 Å². The number of aromatic nitrogens is 4. The number of nitrogens with zero attached hydrogens (tertiary/aromatic N) is 9. The first-order valence-corrected chi connectivity index (χ1v) is 32.9. The number of primary amides is 1. The molecule has 2 aliphatic carbocycles. The minimum absolute atomic E-state index is 0.128. The largest absolute Gasteiger partial charge is 0.393 e. The summed E-state index contributed by atoms with van der Waals surface area (Å²) in [6, 6.07) is 21.9. The third kappa shape index (κ3) is 12.5. The molecular weight excluding hydrogens is 1160 g/mol. The number of nitrogens with one attached hydrogen (secondary N) is 2. The van der Waals surface area contributed by atoms with Crippen molar-refractivity contribution in [2.75, 3.05) is 85.3 Å². The van der Waals surface area contributed by atoms with Crippen LogP contribution in [0.4, 0.5) is 49.4 Å². The van der Waals surface area contributed by atoms with Crippen LogP contribution in [0.15, 0.2) is 73.3 Å². The van der Waals surface area contributed by atoms with Gasteiger partial charge in [-0.3, -0.25) is 4.79 Å². The number of fused-ring (bicyclic) bond motifs is 2. The normalized spacial score (nSPS) is 24.8. The lowest BCUT2D eigenvalue weighted by Gasteiger charge is -2.46. The van der Waals surface area contributed by atoms with E-state index in [1.165, 1.54) is 33.8 Å². The second-order valence-electron chi connectivity index (χ2n) is 23.8. The van der Waals surface area contributed by atoms with Crippen molar-refractivity contribution in [2.45, 2.75) is 112 Å². The van der Waals surface area contributed by atoms with Crippen molar-refractivity contribution in [3.05, 3.63) is 94.2 Å². The Morgan fingerprint density at radius 1 is 0.627 bits per heavy atom. The summed E-state index contributed by atoms with van der Waals surface area (Å²) in [6.45, 7) is 4.41. The molecule has 12 rings (SSSR count). The predicted octanol–water partition coefficient (Wildman–Crippen LogP) is 9.13. The second-order valence-corrected chi connectivity index (χ2v) is 30.0. The van der Waals surface area contributed by atoms with Crippen molar-refractivity contribution in [3.63, 3.8) is 0 Å². The zero-order valence-corrected chi connectivity index (χ0v) is 49.0. The van der Waals surface area contributed by atoms with Gasteiger partial charge in [0.25, 0.3) is 0 Å². The van der Waals surface area contributed by atoms with Gasteiger partial charge in [0.2, 0.25) is 26.0 Å². The number of thiophene rings is 2. The fraction of sp³-hybridized carbons (Fsp3) is 0.536. The number of carbonyl (C=O) groups excluding carboxylic acids is 1. The number of benzene rings is 2. The van der Waals surface area contributed by atoms with Crippen LogP contribution in [0.25, 0.3) is 20.4 Å². The van der Waals surface area contributed by atoms with E-state index < -0.39 is 62.0 Å². The third-order valence-electron chi connectivity index (χ3n) is 18.1. The molecule has 6 aliphatic rings. The van der Waals surface area contributed by atoms with Crippen LogP contribution < -0.4 is 26.2 Å². The standard InChI is InChI=1S/C28H33F3N6O3S2.C28H31F3N6O2S2/c1-42(39,40)37-10-7-27(8-11-37,25(32)38)18-2-4-19(5-3-18)35-20-13-26(14-20)6-9-36(16-26)23-22-12-21(15-28(29,30)31)41-24(22)34-17-33-23;1-41(38,39)37-10-7-27(16-32,8-11-37)19-2-4-20(5-3-19)35-21-13-26(14-21)6-9-36(17-26)24-23-12-22(15-28(29,30)31)40-25(23)34-18-33-24/h2-5,12,17,20,35H,6-11,13-16H2,1H3,(H2,32,38);2-5,12,18,21,35H,6-11,13-15,17H2,1H3. The topological polar surface area (TPSA) is 224 Å². The Hall–Kier alpha value is -5.92. The van der Waals surface area contributed by atoms with Crippen LogP contribution in [0, 0.1) is 22.2 Å². The van der Waals surface area contributed by atoms with Crippen LogP contribution in [0.2, 0.25) is 0 Å². The summed E-state index contributed by atoms with van der Waals surface area (Å²) in [5.41, 5.74) is 8.17. The minimum Gasteiger partial charge on any atom is -0.382 e. The summed E-state index contributed by atoms with van der Waals surface area (Å²) < 4.78 is 128. The van der Waals surface area contributed by atoms with E-state index in [1.807, 2.05) is 48.5 Å². The fourth-order valence-electron chi connectivity index (χ4n) is 13.7. The molecule has 0 radical (unpaired) electrons. The average Bonchev–Trinajstić information content (AvgIpc) is 3.30. The Morgan fingerprint density at radius 2 is 1.02 bits per heavy atom. The van der Waals surface area contributed by atoms with E-state index in [0.717, 1.165) is 116 Å². The molecule has 8 heterocycles. The highest BCUT2D eigenvalue weighted by atomic mass is 32.2. The number of nitriles is 1. The van der Waals surface area contributed by atoms with Crippen LogP contribution in [0.1, 0.15) is 85.1 Å². The molecule has 83 heavy (non-hydrogen) atoms. The molecule has 27 heteroatoms. The maximum Gasteiger partial charge on any atom is 0.393 e. The van der Waals surface area contributed by atoms with Crippen molar-refractivity contribution in [1.82, 2.24) is 28.5 Å². The number of nitrogens with two attached hydrogens (primary N) is 1. The van der Waals surface area contributed by atoms with E-state index in [-0.39, 0.29) is 39.7 Å². The van der Waals surface area contributed by atoms with Gasteiger partial charge in [-0.05, 0) is 123 Å². The molecule has 6 aromatic rings. The lowest BCUT2D eigenvalue weighted by molar-refractivity contribution is -0.127. The Balaban J connectivity index is 0.000000174. The fourth-order valence-corrected chi connectivity index (χ4v) is 17.5. The summed E-state index contributed by atoms with van der Waals surface area (Å²) >= 11 is 2.15. The molecule has 2 saturated carbocycles. The highest BCUT2D eigenvalue weighted by Gasteiger charge is 2.51. The first-order valence-electron chi connectivity index (χ1n) is 27.6. The number of carbonyl (C=O) groups is 1. The molecule has 4 N–H and O–H groups in total. The number of amides is 1. The van der Waals surface area contributed by atoms with Gasteiger partial charge < -0.3 is 26.2 Å². The third-order valence-corrected chi connectivity index (χ3v) is 22.7. The highest BCUT2D eigenvalue weighted by molar-refractivity contribution is 7.88. The second kappa shape index (κ2) is 21.9. The molecule has 1 amide bonds. The number of rotatable bonds is 13. The van der Waals surface area contributed by atoms with Crippen molar-refractivity contribution in [1.29, 1.82) is 5.26 Å². The number of alkyl halides is 6. The summed E-state index contributed by atoms with van der Waals surface area (Å²) in [5, 5.41) is 18.6. The smallest absolute Gasteiger partial charge is 0.382 e. The number of anilines is 4. The monoisotopic (exact) mass is 1230 g/mol. The molecule has 4 saturated heterocycles. The summed E-state index contributed by atoms with van der Waals surface area (Å²) in [7, 11) is -6.58. The first-order chi connectivity index (χ1) is 39.1. The Bertz CT molecular complexity index is 3660. The number of sulfonamides is 2. The molecule has 0 unspecified atom stereocenters. The molecule has 444 valence electrons. The molecule has 2 spiro atoms. The molecule has 0 bridgehead atoms. The molecular formula is C56H64F6N12O5S4. The van der Waals surface area contributed by atoms with E-state index in [9.17, 15) is 53.2 Å². The van der Waals surface area contributed by atoms with E-state index in [1.54, 1.807) is 12.1 Å². The molecule has 6 fully saturated rings. The first kappa shape index (κ1) is 58.8. The Labute approximate surface area is 485 Å². The number of halogens is 6. The van der Waals surface area contributed by atoms with Crippen LogP contribution in [-0.2, 0) is 48.5 Å². The zero-order valence-electron chi connectivity index (χ0n) is 45.8. The van der Waals surface area contributed by atoms with E-state index >= 15 is 0 Å². The van der Waals surface area contributed by atoms with Crippen molar-refractivity contribution >= 4 is 92.1 Å². The lowest BCUT2D eigenvalue weighted by Crippen LogP contribution is -2.51. The van der Waals surface area contributed by atoms with Gasteiger partial charge in [-0.15, -0.1) is 22.7 Å². The van der Waals surface area contributed by atoms with Crippen LogP contribution in [0.3, 0.4) is 0 Å². The van der Waals surface area contributed by atoms with E-state index in [4.69, 9.17) is 5.73 Å². The lowest BCUT2D eigenvalue weighted by atomic mass is 9.65. The average molecular weight is 1230 g/mol. The van der Waals surface area contributed by atoms with Gasteiger partial charge in [0, 0.05) is 85.6 Å². The van der Waals surface area contributed by atoms with Crippen molar-refractivity contribution in [2.24, 2.45) is 16.6 Å². The SMILES string of the molecule is CS(=O)(=O)N1CCC(C#N)(c2ccc(NC3CC4(CCN(c5ncnc6sc(CC(F)(F)F)cc56)C4)C3)cc2)CC1.CS(=O)(=O)N1CCC(C(N)=O)(c2ccc(NC3CC4(CCN(c5ncnc6sc(CC(F)(F)F)cc56)C4)C3)cc2)CC1. The maximum atomic E-state index is 12.9. The van der Waals surface area contributed by atoms with Crippen LogP contribution >= 0.6 is 22.7 Å². The number of hydrogen-bond donors (Lipinski definition) is 3. The maximum absolute atomic E-state index is 12.9. The van der Waals surface area contributed by atoms with Gasteiger partial charge in [0.15, 0.2) is 0 Å². The summed E-state index contributed by atoms with van der Waals surface area (Å²) in [5.74, 6) is 0.986. The molecule has 4 aliphatic heterocycles. The predicted molar refractivity (Wildman–Crippen MR) is 309 cm³/mol. The van der Waals surface area contributed by atoms with Gasteiger partial charge in [-0.2, -0.15) is 31.6 Å². The molecule has 4 aromatic heterocycles. The highest BCUT2D eigenvalue weighted by Crippen LogP contribution is 2.52. The van der Waals surface area contributed by atoms with Gasteiger partial charge in [0.05, 0.1) is 53.0 Å². The quantitative estimate of drug-likeness (QED) is 0.0918. The molecule has 0 atom stereocenters. The molecule has 17 nitrogen and oxygen atoms in total. The Kier molecular flexibility index (Phi) is 15.5. The molecule has 2 aromatic carbocycles. The summed E-state index contributed by atoms with van der Waals surface area (Å²) in [6.07, 6.45) is 2.36. The van der Waals surface area contributed by atoms with Crippen LogP contribution in [-0.4, -0.2) is 141 Å². The van der Waals surface area contributed by atoms with Crippen molar-refractivity contribution < 1.29 is 48.0 Å². The summed E-state index contributed by atoms with van der Waals surface area (Å²) in [4.78, 5) is 35.9. The minimum atomic E-state index is -4.26. The van der Waals surface area contributed by atoms with Gasteiger partial charge >= 0.3 is 12.4 Å². The number of hydrogen-bond acceptors (Lipinski definition) is 16. The van der Waals surface area contributed by atoms with Crippen LogP contribution in [0.5, 0.6) is 0 Å². The van der Waals surface area contributed by atoms with Gasteiger partial charge in [-0.1, -0.05) is 24.3 Å². The number of piperidine rings is 2. The van der Waals surface area contributed by atoms with Gasteiger partial charge in [-0.25, -0.2) is 45.4 Å².